The van der Waals surface area contributed by atoms with E-state index in [9.17, 15) is 9.18 Å². The molecule has 1 heterocycles. The summed E-state index contributed by atoms with van der Waals surface area (Å²) in [5.41, 5.74) is 0.466. The first-order chi connectivity index (χ1) is 7.60. The molecule has 0 saturated carbocycles. The van der Waals surface area contributed by atoms with Crippen LogP contribution in [0, 0.1) is 24.1 Å². The van der Waals surface area contributed by atoms with Crippen LogP contribution >= 0.6 is 11.6 Å². The molecule has 82 valence electrons. The Morgan fingerprint density at radius 1 is 1.50 bits per heavy atom. The van der Waals surface area contributed by atoms with Crippen molar-refractivity contribution in [1.29, 1.82) is 0 Å². The van der Waals surface area contributed by atoms with Crippen LogP contribution < -0.4 is 4.90 Å². The Kier molecular flexibility index (Phi) is 2.84. The first-order valence-corrected chi connectivity index (χ1v) is 5.20. The van der Waals surface area contributed by atoms with Gasteiger partial charge in [0.2, 0.25) is 5.91 Å². The molecule has 1 atom stereocenters. The Hall–Kier alpha value is -1.53. The van der Waals surface area contributed by atoms with Gasteiger partial charge in [-0.1, -0.05) is 11.6 Å². The second kappa shape index (κ2) is 4.15. The fourth-order valence-corrected chi connectivity index (χ4v) is 1.98. The van der Waals surface area contributed by atoms with Crippen molar-refractivity contribution in [2.75, 3.05) is 11.4 Å². The van der Waals surface area contributed by atoms with E-state index in [1.807, 2.05) is 0 Å². The highest BCUT2D eigenvalue weighted by molar-refractivity contribution is 6.31. The topological polar surface area (TPSA) is 20.3 Å². The smallest absolute Gasteiger partial charge is 0.228 e. The molecule has 1 aromatic rings. The standard InChI is InChI=1S/C12H9ClFNO/c1-2-8-3-12(16)15(7-8)11-5-9(13)4-10(14)6-11/h1,4-6,8H,3,7H2. The molecular formula is C12H9ClFNO. The maximum Gasteiger partial charge on any atom is 0.228 e. The molecule has 0 bridgehead atoms. The highest BCUT2D eigenvalue weighted by Gasteiger charge is 2.29. The predicted molar refractivity (Wildman–Crippen MR) is 60.7 cm³/mol. The van der Waals surface area contributed by atoms with E-state index in [1.54, 1.807) is 6.07 Å². The minimum Gasteiger partial charge on any atom is -0.311 e. The van der Waals surface area contributed by atoms with Gasteiger partial charge >= 0.3 is 0 Å². The van der Waals surface area contributed by atoms with Crippen molar-refractivity contribution in [2.24, 2.45) is 5.92 Å². The van der Waals surface area contributed by atoms with Crippen LogP contribution in [0.2, 0.25) is 5.02 Å². The van der Waals surface area contributed by atoms with Gasteiger partial charge in [-0.05, 0) is 18.2 Å². The summed E-state index contributed by atoms with van der Waals surface area (Å²) in [7, 11) is 0. The van der Waals surface area contributed by atoms with Gasteiger partial charge in [0.25, 0.3) is 0 Å². The van der Waals surface area contributed by atoms with Crippen LogP contribution in [-0.4, -0.2) is 12.5 Å². The summed E-state index contributed by atoms with van der Waals surface area (Å²) in [4.78, 5) is 13.1. The molecule has 16 heavy (non-hydrogen) atoms. The number of hydrogen-bond acceptors (Lipinski definition) is 1. The molecule has 1 fully saturated rings. The molecule has 0 aliphatic carbocycles. The first-order valence-electron chi connectivity index (χ1n) is 4.82. The predicted octanol–water partition coefficient (Wildman–Crippen LogP) is 2.47. The van der Waals surface area contributed by atoms with Gasteiger partial charge in [-0.2, -0.15) is 0 Å². The van der Waals surface area contributed by atoms with Crippen LogP contribution in [0.3, 0.4) is 0 Å². The van der Waals surface area contributed by atoms with E-state index < -0.39 is 5.82 Å². The Balaban J connectivity index is 2.32. The van der Waals surface area contributed by atoms with E-state index >= 15 is 0 Å². The monoisotopic (exact) mass is 237 g/mol. The third kappa shape index (κ3) is 2.02. The molecule has 0 N–H and O–H groups in total. The van der Waals surface area contributed by atoms with Gasteiger partial charge in [-0.15, -0.1) is 12.3 Å². The Bertz CT molecular complexity index is 460. The van der Waals surface area contributed by atoms with Crippen LogP contribution in [0.15, 0.2) is 18.2 Å². The lowest BCUT2D eigenvalue weighted by Gasteiger charge is -2.16. The summed E-state index contributed by atoms with van der Waals surface area (Å²) < 4.78 is 13.1. The average Bonchev–Trinajstić information content (AvgIpc) is 2.58. The van der Waals surface area contributed by atoms with Gasteiger partial charge in [0.05, 0.1) is 0 Å². The first kappa shape index (κ1) is 11.0. The van der Waals surface area contributed by atoms with E-state index in [0.29, 0.717) is 18.7 Å². The van der Waals surface area contributed by atoms with Crippen molar-refractivity contribution in [2.45, 2.75) is 6.42 Å². The van der Waals surface area contributed by atoms with Gasteiger partial charge in [0.1, 0.15) is 5.82 Å². The van der Waals surface area contributed by atoms with Gasteiger partial charge in [-0.3, -0.25) is 4.79 Å². The lowest BCUT2D eigenvalue weighted by Crippen LogP contribution is -2.24. The van der Waals surface area contributed by atoms with E-state index in [4.69, 9.17) is 18.0 Å². The number of nitrogens with zero attached hydrogens (tertiary/aromatic N) is 1. The van der Waals surface area contributed by atoms with E-state index in [1.165, 1.54) is 17.0 Å². The minimum absolute atomic E-state index is 0.0929. The molecule has 1 aliphatic rings. The highest BCUT2D eigenvalue weighted by atomic mass is 35.5. The zero-order valence-electron chi connectivity index (χ0n) is 8.41. The SMILES string of the molecule is C#CC1CC(=O)N(c2cc(F)cc(Cl)c2)C1. The van der Waals surface area contributed by atoms with Crippen LogP contribution in [0.25, 0.3) is 0 Å². The Morgan fingerprint density at radius 3 is 2.81 bits per heavy atom. The van der Waals surface area contributed by atoms with E-state index in [-0.39, 0.29) is 16.8 Å². The summed E-state index contributed by atoms with van der Waals surface area (Å²) in [5, 5.41) is 0.270. The normalized spacial score (nSPS) is 19.9. The largest absolute Gasteiger partial charge is 0.311 e. The van der Waals surface area contributed by atoms with Crippen molar-refractivity contribution in [3.8, 4) is 12.3 Å². The second-order valence-electron chi connectivity index (χ2n) is 3.70. The quantitative estimate of drug-likeness (QED) is 0.687. The minimum atomic E-state index is -0.459. The van der Waals surface area contributed by atoms with Gasteiger partial charge in [0, 0.05) is 29.6 Å². The average molecular weight is 238 g/mol. The number of halogens is 2. The maximum absolute atomic E-state index is 13.1. The Labute approximate surface area is 98.0 Å². The van der Waals surface area contributed by atoms with Crippen molar-refractivity contribution < 1.29 is 9.18 Å². The zero-order chi connectivity index (χ0) is 11.7. The molecule has 1 unspecified atom stereocenters. The second-order valence-corrected chi connectivity index (χ2v) is 4.14. The molecule has 4 heteroatoms. The zero-order valence-corrected chi connectivity index (χ0v) is 9.17. The molecular weight excluding hydrogens is 229 g/mol. The van der Waals surface area contributed by atoms with Gasteiger partial charge in [0.15, 0.2) is 0 Å². The third-order valence-electron chi connectivity index (χ3n) is 2.52. The Morgan fingerprint density at radius 2 is 2.25 bits per heavy atom. The number of terminal acetylenes is 1. The molecule has 0 spiro atoms. The molecule has 1 saturated heterocycles. The number of hydrogen-bond donors (Lipinski definition) is 0. The molecule has 1 aliphatic heterocycles. The van der Waals surface area contributed by atoms with Gasteiger partial charge < -0.3 is 4.90 Å². The number of anilines is 1. The van der Waals surface area contributed by atoms with Crippen molar-refractivity contribution in [1.82, 2.24) is 0 Å². The van der Waals surface area contributed by atoms with Crippen molar-refractivity contribution in [3.05, 3.63) is 29.0 Å². The van der Waals surface area contributed by atoms with Crippen molar-refractivity contribution in [3.63, 3.8) is 0 Å². The van der Waals surface area contributed by atoms with E-state index in [0.717, 1.165) is 0 Å². The van der Waals surface area contributed by atoms with Crippen LogP contribution in [0.5, 0.6) is 0 Å². The molecule has 2 nitrogen and oxygen atoms in total. The van der Waals surface area contributed by atoms with E-state index in [2.05, 4.69) is 5.92 Å². The van der Waals surface area contributed by atoms with Crippen LogP contribution in [-0.2, 0) is 4.79 Å². The highest BCUT2D eigenvalue weighted by Crippen LogP contribution is 2.27. The molecule has 1 amide bonds. The lowest BCUT2D eigenvalue weighted by atomic mass is 10.1. The number of benzene rings is 1. The lowest BCUT2D eigenvalue weighted by molar-refractivity contribution is -0.117. The number of amides is 1. The number of carbonyl (C=O) groups excluding carboxylic acids is 1. The summed E-state index contributed by atoms with van der Waals surface area (Å²) >= 11 is 5.73. The van der Waals surface area contributed by atoms with Gasteiger partial charge in [-0.25, -0.2) is 4.39 Å². The maximum atomic E-state index is 13.1. The molecule has 1 aromatic carbocycles. The molecule has 2 rings (SSSR count). The number of carbonyl (C=O) groups is 1. The number of rotatable bonds is 1. The molecule has 0 aromatic heterocycles. The summed E-state index contributed by atoms with van der Waals surface area (Å²) in [6.45, 7) is 0.426. The fourth-order valence-electron chi connectivity index (χ4n) is 1.76. The fraction of sp³-hybridized carbons (Fsp3) is 0.250. The van der Waals surface area contributed by atoms with Crippen molar-refractivity contribution >= 4 is 23.2 Å². The summed E-state index contributed by atoms with van der Waals surface area (Å²) in [5.74, 6) is 1.88. The molecule has 0 radical (unpaired) electrons. The summed E-state index contributed by atoms with van der Waals surface area (Å²) in [6.07, 6.45) is 5.58. The third-order valence-corrected chi connectivity index (χ3v) is 2.74. The van der Waals surface area contributed by atoms with Crippen LogP contribution in [0.4, 0.5) is 10.1 Å². The summed E-state index contributed by atoms with van der Waals surface area (Å²) in [6, 6.07) is 4.04. The van der Waals surface area contributed by atoms with Crippen LogP contribution in [0.1, 0.15) is 6.42 Å².